The van der Waals surface area contributed by atoms with E-state index in [9.17, 15) is 9.59 Å². The predicted molar refractivity (Wildman–Crippen MR) is 44.1 cm³/mol. The summed E-state index contributed by atoms with van der Waals surface area (Å²) >= 11 is 0. The van der Waals surface area contributed by atoms with Crippen LogP contribution in [0.2, 0.25) is 0 Å². The molecule has 0 saturated carbocycles. The van der Waals surface area contributed by atoms with E-state index < -0.39 is 18.1 Å². The molecule has 0 rings (SSSR count). The summed E-state index contributed by atoms with van der Waals surface area (Å²) in [5.41, 5.74) is 0.234. The van der Waals surface area contributed by atoms with E-state index in [1.165, 1.54) is 19.9 Å². The molecule has 0 bridgehead atoms. The van der Waals surface area contributed by atoms with Crippen molar-refractivity contribution in [1.82, 2.24) is 5.32 Å². The van der Waals surface area contributed by atoms with Crippen LogP contribution in [0.4, 0.5) is 0 Å². The zero-order valence-corrected chi connectivity index (χ0v) is 7.46. The van der Waals surface area contributed by atoms with Gasteiger partial charge in [0, 0.05) is 5.57 Å². The summed E-state index contributed by atoms with van der Waals surface area (Å²) in [5, 5.41) is 10.2. The summed E-state index contributed by atoms with van der Waals surface area (Å²) in [6.07, 6.45) is -0.823. The van der Waals surface area contributed by atoms with Gasteiger partial charge in [-0.1, -0.05) is 6.58 Å². The van der Waals surface area contributed by atoms with Crippen molar-refractivity contribution < 1.29 is 14.3 Å². The van der Waals surface area contributed by atoms with Crippen molar-refractivity contribution in [2.75, 3.05) is 0 Å². The molecule has 0 aromatic heterocycles. The lowest BCUT2D eigenvalue weighted by Crippen LogP contribution is -2.35. The smallest absolute Gasteiger partial charge is 0.335 e. The highest BCUT2D eigenvalue weighted by Crippen LogP contribution is 1.95. The first kappa shape index (κ1) is 11.2. The van der Waals surface area contributed by atoms with Crippen molar-refractivity contribution in [2.24, 2.45) is 0 Å². The number of hydrogen-bond donors (Lipinski definition) is 1. The van der Waals surface area contributed by atoms with Crippen LogP contribution in [0.5, 0.6) is 0 Å². The highest BCUT2D eigenvalue weighted by Gasteiger charge is 2.11. The quantitative estimate of drug-likeness (QED) is 0.290. The zero-order valence-electron chi connectivity index (χ0n) is 7.46. The van der Waals surface area contributed by atoms with Gasteiger partial charge in [0.05, 0.1) is 0 Å². The minimum Gasteiger partial charge on any atom is -0.439 e. The number of nitriles is 1. The third-order valence-corrected chi connectivity index (χ3v) is 1.07. The monoisotopic (exact) mass is 182 g/mol. The van der Waals surface area contributed by atoms with Gasteiger partial charge in [-0.05, 0) is 13.8 Å². The van der Waals surface area contributed by atoms with Crippen molar-refractivity contribution in [1.29, 1.82) is 5.26 Å². The van der Waals surface area contributed by atoms with Crippen LogP contribution in [0.15, 0.2) is 12.2 Å². The maximum absolute atomic E-state index is 10.9. The van der Waals surface area contributed by atoms with Crippen LogP contribution in [-0.4, -0.2) is 18.1 Å². The van der Waals surface area contributed by atoms with E-state index in [1.54, 1.807) is 0 Å². The number of rotatable bonds is 3. The van der Waals surface area contributed by atoms with Crippen LogP contribution >= 0.6 is 0 Å². The molecule has 0 radical (unpaired) electrons. The van der Waals surface area contributed by atoms with Crippen molar-refractivity contribution in [3.63, 3.8) is 0 Å². The van der Waals surface area contributed by atoms with Gasteiger partial charge in [-0.3, -0.25) is 4.79 Å². The predicted octanol–water partition coefficient (Wildman–Crippen LogP) is 0.0915. The average Bonchev–Trinajstić information content (AvgIpc) is 2.03. The maximum atomic E-state index is 10.9. The standard InChI is InChI=1S/C8H10N2O3/c1-5(2)8(12)13-6(3)10-7(11)4-9/h6H,1H2,2-3H3,(H,10,11). The largest absolute Gasteiger partial charge is 0.439 e. The van der Waals surface area contributed by atoms with Gasteiger partial charge in [-0.15, -0.1) is 0 Å². The lowest BCUT2D eigenvalue weighted by molar-refractivity contribution is -0.145. The molecule has 1 unspecified atom stereocenters. The zero-order chi connectivity index (χ0) is 10.4. The molecule has 5 nitrogen and oxygen atoms in total. The summed E-state index contributed by atoms with van der Waals surface area (Å²) < 4.78 is 4.66. The summed E-state index contributed by atoms with van der Waals surface area (Å²) in [7, 11) is 0. The Bertz CT molecular complexity index is 278. The van der Waals surface area contributed by atoms with Gasteiger partial charge in [0.2, 0.25) is 0 Å². The van der Waals surface area contributed by atoms with Crippen molar-refractivity contribution in [2.45, 2.75) is 20.1 Å². The molecular weight excluding hydrogens is 172 g/mol. The lowest BCUT2D eigenvalue weighted by Gasteiger charge is -2.12. The number of carbonyl (C=O) groups is 2. The number of carbonyl (C=O) groups excluding carboxylic acids is 2. The van der Waals surface area contributed by atoms with E-state index in [-0.39, 0.29) is 5.57 Å². The fourth-order valence-electron chi connectivity index (χ4n) is 0.508. The van der Waals surface area contributed by atoms with Gasteiger partial charge in [-0.2, -0.15) is 5.26 Å². The molecule has 1 N–H and O–H groups in total. The molecule has 5 heteroatoms. The van der Waals surface area contributed by atoms with E-state index in [0.29, 0.717) is 0 Å². The van der Waals surface area contributed by atoms with Gasteiger partial charge >= 0.3 is 11.9 Å². The van der Waals surface area contributed by atoms with E-state index in [2.05, 4.69) is 16.6 Å². The van der Waals surface area contributed by atoms with Gasteiger partial charge in [0.1, 0.15) is 0 Å². The second-order valence-corrected chi connectivity index (χ2v) is 2.41. The highest BCUT2D eigenvalue weighted by atomic mass is 16.6. The summed E-state index contributed by atoms with van der Waals surface area (Å²) in [6.45, 7) is 6.28. The number of amides is 1. The molecule has 0 spiro atoms. The van der Waals surface area contributed by atoms with Crippen LogP contribution in [0.3, 0.4) is 0 Å². The Labute approximate surface area is 76.0 Å². The number of nitrogens with one attached hydrogen (secondary N) is 1. The van der Waals surface area contributed by atoms with Crippen LogP contribution in [0, 0.1) is 11.3 Å². The Morgan fingerprint density at radius 3 is 2.54 bits per heavy atom. The molecule has 0 aliphatic heterocycles. The number of ether oxygens (including phenoxy) is 1. The first-order valence-electron chi connectivity index (χ1n) is 3.54. The van der Waals surface area contributed by atoms with Crippen LogP contribution in [0.25, 0.3) is 0 Å². The van der Waals surface area contributed by atoms with E-state index >= 15 is 0 Å². The van der Waals surface area contributed by atoms with Crippen molar-refractivity contribution >= 4 is 11.9 Å². The second-order valence-electron chi connectivity index (χ2n) is 2.41. The van der Waals surface area contributed by atoms with Gasteiger partial charge in [-0.25, -0.2) is 4.79 Å². The molecule has 0 saturated heterocycles. The van der Waals surface area contributed by atoms with Crippen molar-refractivity contribution in [3.8, 4) is 6.07 Å². The first-order valence-corrected chi connectivity index (χ1v) is 3.54. The molecule has 0 aromatic rings. The van der Waals surface area contributed by atoms with Gasteiger partial charge in [0.25, 0.3) is 0 Å². The number of hydrogen-bond acceptors (Lipinski definition) is 4. The Morgan fingerprint density at radius 2 is 2.15 bits per heavy atom. The van der Waals surface area contributed by atoms with Crippen LogP contribution < -0.4 is 5.32 Å². The lowest BCUT2D eigenvalue weighted by atomic mass is 10.4. The van der Waals surface area contributed by atoms with Crippen LogP contribution in [0.1, 0.15) is 13.8 Å². The number of nitrogens with zero attached hydrogens (tertiary/aromatic N) is 1. The molecule has 70 valence electrons. The summed E-state index contributed by atoms with van der Waals surface area (Å²) in [6, 6.07) is 1.33. The Morgan fingerprint density at radius 1 is 1.62 bits per heavy atom. The van der Waals surface area contributed by atoms with E-state index in [1.807, 2.05) is 0 Å². The third kappa shape index (κ3) is 4.58. The first-order chi connectivity index (χ1) is 5.97. The van der Waals surface area contributed by atoms with Gasteiger partial charge in [0.15, 0.2) is 12.3 Å². The minimum atomic E-state index is -0.845. The van der Waals surface area contributed by atoms with Crippen molar-refractivity contribution in [3.05, 3.63) is 12.2 Å². The third-order valence-electron chi connectivity index (χ3n) is 1.07. The normalized spacial score (nSPS) is 10.8. The molecule has 0 aliphatic rings. The topological polar surface area (TPSA) is 79.2 Å². The Kier molecular flexibility index (Phi) is 4.24. The highest BCUT2D eigenvalue weighted by molar-refractivity contribution is 5.91. The molecule has 1 amide bonds. The molecule has 13 heavy (non-hydrogen) atoms. The summed E-state index contributed by atoms with van der Waals surface area (Å²) in [4.78, 5) is 21.4. The van der Waals surface area contributed by atoms with Crippen LogP contribution in [-0.2, 0) is 14.3 Å². The van der Waals surface area contributed by atoms with E-state index in [0.717, 1.165) is 0 Å². The molecule has 0 heterocycles. The molecule has 0 fully saturated rings. The van der Waals surface area contributed by atoms with E-state index in [4.69, 9.17) is 5.26 Å². The molecule has 0 aliphatic carbocycles. The fourth-order valence-corrected chi connectivity index (χ4v) is 0.508. The Balaban J connectivity index is 3.96. The average molecular weight is 182 g/mol. The minimum absolute atomic E-state index is 0.234. The fraction of sp³-hybridized carbons (Fsp3) is 0.375. The molecule has 1 atom stereocenters. The molecular formula is C8H10N2O3. The number of esters is 1. The molecule has 0 aromatic carbocycles. The summed E-state index contributed by atoms with van der Waals surface area (Å²) in [5.74, 6) is -1.45. The second kappa shape index (κ2) is 4.93. The van der Waals surface area contributed by atoms with Gasteiger partial charge < -0.3 is 10.1 Å². The maximum Gasteiger partial charge on any atom is 0.335 e. The SMILES string of the molecule is C=C(C)C(=O)OC(C)NC(=O)C#N. The Hall–Kier alpha value is -1.83.